The summed E-state index contributed by atoms with van der Waals surface area (Å²) in [5, 5.41) is 7.57. The van der Waals surface area contributed by atoms with Crippen molar-refractivity contribution in [2.24, 2.45) is 23.2 Å². The van der Waals surface area contributed by atoms with Crippen molar-refractivity contribution in [3.63, 3.8) is 0 Å². The Morgan fingerprint density at radius 3 is 2.33 bits per heavy atom. The zero-order chi connectivity index (χ0) is 27.9. The predicted molar refractivity (Wildman–Crippen MR) is 143 cm³/mol. The summed E-state index contributed by atoms with van der Waals surface area (Å²) in [4.78, 5) is 17.9. The van der Waals surface area contributed by atoms with Crippen molar-refractivity contribution in [3.8, 4) is 23.1 Å². The van der Waals surface area contributed by atoms with E-state index < -0.39 is 11.7 Å². The Labute approximate surface area is 231 Å². The number of amides is 1. The highest BCUT2D eigenvalue weighted by atomic mass is 19.4. The molecule has 1 N–H and O–H groups in total. The van der Waals surface area contributed by atoms with Crippen molar-refractivity contribution in [2.75, 3.05) is 25.1 Å². The molecule has 0 unspecified atom stereocenters. The molecule has 212 valence electrons. The minimum absolute atomic E-state index is 0.0336. The number of rotatable bonds is 9. The van der Waals surface area contributed by atoms with Gasteiger partial charge in [-0.3, -0.25) is 4.79 Å². The molecule has 4 bridgehead atoms. The smallest absolute Gasteiger partial charge is 0.416 e. The molecular weight excluding hydrogens is 521 g/mol. The van der Waals surface area contributed by atoms with Crippen molar-refractivity contribution >= 4 is 11.6 Å². The van der Waals surface area contributed by atoms with E-state index in [0.717, 1.165) is 31.4 Å². The number of hydrogen-bond donors (Lipinski definition) is 1. The molecule has 0 radical (unpaired) electrons. The average molecular weight is 555 g/mol. The van der Waals surface area contributed by atoms with E-state index in [-0.39, 0.29) is 35.3 Å². The van der Waals surface area contributed by atoms with E-state index in [1.165, 1.54) is 30.0 Å². The number of carbonyl (C=O) groups is 1. The van der Waals surface area contributed by atoms with Crippen molar-refractivity contribution < 1.29 is 27.4 Å². The quantitative estimate of drug-likeness (QED) is 0.305. The van der Waals surface area contributed by atoms with E-state index in [0.29, 0.717) is 42.3 Å². The molecule has 40 heavy (non-hydrogen) atoms. The number of ether oxygens (including phenoxy) is 2. The van der Waals surface area contributed by atoms with E-state index in [1.807, 2.05) is 6.92 Å². The van der Waals surface area contributed by atoms with Crippen LogP contribution in [0.25, 0.3) is 17.1 Å². The van der Waals surface area contributed by atoms with Crippen LogP contribution in [-0.4, -0.2) is 40.5 Å². The summed E-state index contributed by atoms with van der Waals surface area (Å²) >= 11 is 0. The molecule has 1 amide bonds. The van der Waals surface area contributed by atoms with E-state index >= 15 is 0 Å². The Balaban J connectivity index is 1.24. The summed E-state index contributed by atoms with van der Waals surface area (Å²) in [6, 6.07) is 12.1. The highest BCUT2D eigenvalue weighted by Gasteiger charge is 2.54. The van der Waals surface area contributed by atoms with Gasteiger partial charge in [-0.2, -0.15) is 18.2 Å². The minimum Gasteiger partial charge on any atom is -0.460 e. The summed E-state index contributed by atoms with van der Waals surface area (Å²) < 4.78 is 52.6. The summed E-state index contributed by atoms with van der Waals surface area (Å²) in [6.07, 6.45) is 2.26. The molecule has 0 aliphatic heterocycles. The second kappa shape index (κ2) is 10.5. The van der Waals surface area contributed by atoms with Gasteiger partial charge >= 0.3 is 12.2 Å². The first-order chi connectivity index (χ1) is 19.2. The Hall–Kier alpha value is -3.40. The lowest BCUT2D eigenvalue weighted by Gasteiger charge is -2.55. The number of benzene rings is 2. The highest BCUT2D eigenvalue weighted by molar-refractivity contribution is 5.95. The minimum atomic E-state index is -4.49. The van der Waals surface area contributed by atoms with Gasteiger partial charge in [-0.1, -0.05) is 12.1 Å². The van der Waals surface area contributed by atoms with Gasteiger partial charge < -0.3 is 14.8 Å². The van der Waals surface area contributed by atoms with Gasteiger partial charge in [0.05, 0.1) is 23.3 Å². The SMILES string of the molecule is CCOCCOc1nc(-c2cccc(C(F)(F)F)c2)n(-c2ccc(NC(=O)C34CC5CC(CC(C5)C3)C4)cc2)n1. The van der Waals surface area contributed by atoms with Crippen LogP contribution in [-0.2, 0) is 15.7 Å². The number of nitrogens with one attached hydrogen (secondary N) is 1. The fourth-order valence-corrected chi connectivity index (χ4v) is 7.23. The summed E-state index contributed by atoms with van der Waals surface area (Å²) in [6.45, 7) is 2.94. The van der Waals surface area contributed by atoms with Gasteiger partial charge in [-0.15, -0.1) is 5.10 Å². The number of halogens is 3. The molecule has 4 aliphatic carbocycles. The van der Waals surface area contributed by atoms with Crippen molar-refractivity contribution in [1.29, 1.82) is 0 Å². The first-order valence-electron chi connectivity index (χ1n) is 14.0. The van der Waals surface area contributed by atoms with Gasteiger partial charge in [0.15, 0.2) is 5.82 Å². The zero-order valence-electron chi connectivity index (χ0n) is 22.4. The highest BCUT2D eigenvalue weighted by Crippen LogP contribution is 2.60. The lowest BCUT2D eigenvalue weighted by Crippen LogP contribution is -2.51. The van der Waals surface area contributed by atoms with Crippen LogP contribution < -0.4 is 10.1 Å². The molecule has 4 fully saturated rings. The van der Waals surface area contributed by atoms with Gasteiger partial charge in [0, 0.05) is 17.9 Å². The van der Waals surface area contributed by atoms with Crippen LogP contribution in [0.1, 0.15) is 51.0 Å². The standard InChI is InChI=1S/C30H33F3N4O3/c1-2-39-10-11-40-28-35-26(22-4-3-5-23(15-22)30(31,32)33)37(36-28)25-8-6-24(7-9-25)34-27(38)29-16-19-12-20(17-29)14-21(13-19)18-29/h3-9,15,19-21H,2,10-14,16-18H2,1H3,(H,34,38). The van der Waals surface area contributed by atoms with Crippen LogP contribution in [0.5, 0.6) is 6.01 Å². The topological polar surface area (TPSA) is 78.3 Å². The monoisotopic (exact) mass is 554 g/mol. The Bertz CT molecular complexity index is 1330. The number of hydrogen-bond acceptors (Lipinski definition) is 5. The first-order valence-corrected chi connectivity index (χ1v) is 14.0. The van der Waals surface area contributed by atoms with Gasteiger partial charge in [0.2, 0.25) is 5.91 Å². The zero-order valence-corrected chi connectivity index (χ0v) is 22.4. The van der Waals surface area contributed by atoms with Crippen LogP contribution in [0.2, 0.25) is 0 Å². The first kappa shape index (κ1) is 26.8. The Morgan fingerprint density at radius 2 is 1.70 bits per heavy atom. The van der Waals surface area contributed by atoms with E-state index in [2.05, 4.69) is 15.4 Å². The third kappa shape index (κ3) is 5.33. The van der Waals surface area contributed by atoms with E-state index in [9.17, 15) is 18.0 Å². The van der Waals surface area contributed by atoms with E-state index in [4.69, 9.17) is 9.47 Å². The normalized spacial score (nSPS) is 25.2. The fraction of sp³-hybridized carbons (Fsp3) is 0.500. The maximum absolute atomic E-state index is 13.5. The second-order valence-electron chi connectivity index (χ2n) is 11.5. The van der Waals surface area contributed by atoms with Crippen LogP contribution in [0.15, 0.2) is 48.5 Å². The molecule has 1 heterocycles. The predicted octanol–water partition coefficient (Wildman–Crippen LogP) is 6.52. The summed E-state index contributed by atoms with van der Waals surface area (Å²) in [5.41, 5.74) is 0.470. The van der Waals surface area contributed by atoms with Gasteiger partial charge in [0.1, 0.15) is 6.61 Å². The molecule has 0 spiro atoms. The molecule has 1 aromatic heterocycles. The number of nitrogens with zero attached hydrogens (tertiary/aromatic N) is 3. The van der Waals surface area contributed by atoms with Crippen LogP contribution in [0.3, 0.4) is 0 Å². The lowest BCUT2D eigenvalue weighted by atomic mass is 9.49. The van der Waals surface area contributed by atoms with Crippen molar-refractivity contribution in [2.45, 2.75) is 51.6 Å². The molecule has 3 aromatic rings. The van der Waals surface area contributed by atoms with Crippen LogP contribution >= 0.6 is 0 Å². The summed E-state index contributed by atoms with van der Waals surface area (Å²) in [7, 11) is 0. The van der Waals surface area contributed by atoms with Gasteiger partial charge in [-0.25, -0.2) is 4.68 Å². The molecule has 7 nitrogen and oxygen atoms in total. The molecule has 4 aliphatic rings. The second-order valence-corrected chi connectivity index (χ2v) is 11.5. The molecule has 0 saturated heterocycles. The molecule has 4 saturated carbocycles. The van der Waals surface area contributed by atoms with E-state index in [1.54, 1.807) is 30.3 Å². The van der Waals surface area contributed by atoms with Gasteiger partial charge in [0.25, 0.3) is 0 Å². The maximum Gasteiger partial charge on any atom is 0.416 e. The lowest BCUT2D eigenvalue weighted by molar-refractivity contribution is -0.140. The van der Waals surface area contributed by atoms with Crippen LogP contribution in [0.4, 0.5) is 18.9 Å². The van der Waals surface area contributed by atoms with Crippen molar-refractivity contribution in [3.05, 3.63) is 54.1 Å². The average Bonchev–Trinajstić information content (AvgIpc) is 3.35. The number of aromatic nitrogens is 3. The molecule has 0 atom stereocenters. The maximum atomic E-state index is 13.5. The number of carbonyl (C=O) groups excluding carboxylic acids is 1. The molecule has 10 heteroatoms. The number of alkyl halides is 3. The largest absolute Gasteiger partial charge is 0.460 e. The third-order valence-electron chi connectivity index (χ3n) is 8.59. The molecule has 7 rings (SSSR count). The van der Waals surface area contributed by atoms with Crippen molar-refractivity contribution in [1.82, 2.24) is 14.8 Å². The molecular formula is C30H33F3N4O3. The number of anilines is 1. The Kier molecular flexibility index (Phi) is 7.06. The molecule has 2 aromatic carbocycles. The third-order valence-corrected chi connectivity index (χ3v) is 8.59. The van der Waals surface area contributed by atoms with Gasteiger partial charge in [-0.05, 0) is 99.6 Å². The fourth-order valence-electron chi connectivity index (χ4n) is 7.23. The Morgan fingerprint density at radius 1 is 1.02 bits per heavy atom. The summed E-state index contributed by atoms with van der Waals surface area (Å²) in [5.74, 6) is 2.33. The van der Waals surface area contributed by atoms with Crippen LogP contribution in [0, 0.1) is 23.2 Å².